The molecule has 0 saturated heterocycles. The van der Waals surface area contributed by atoms with Crippen molar-refractivity contribution in [3.63, 3.8) is 0 Å². The molecule has 146 valence electrons. The first-order chi connectivity index (χ1) is 13.1. The highest BCUT2D eigenvalue weighted by Gasteiger charge is 2.52. The lowest BCUT2D eigenvalue weighted by molar-refractivity contribution is -0.137. The molecule has 0 aliphatic heterocycles. The van der Waals surface area contributed by atoms with Gasteiger partial charge in [0.25, 0.3) is 0 Å². The second kappa shape index (κ2) is 6.49. The summed E-state index contributed by atoms with van der Waals surface area (Å²) >= 11 is 12.3. The molecule has 1 aliphatic rings. The lowest BCUT2D eigenvalue weighted by Crippen LogP contribution is -2.11. The molecule has 1 aromatic heterocycles. The third-order valence-corrected chi connectivity index (χ3v) is 5.51. The molecular formula is C20H13Cl2F4NO. The molecule has 0 atom stereocenters. The van der Waals surface area contributed by atoms with Crippen LogP contribution in [0.15, 0.2) is 40.8 Å². The maximum Gasteiger partial charge on any atom is 0.417 e. The minimum Gasteiger partial charge on any atom is -0.444 e. The first kappa shape index (κ1) is 19.3. The Hall–Kier alpha value is -2.05. The van der Waals surface area contributed by atoms with Gasteiger partial charge in [-0.15, -0.1) is 0 Å². The van der Waals surface area contributed by atoms with Crippen molar-refractivity contribution in [1.29, 1.82) is 0 Å². The predicted molar refractivity (Wildman–Crippen MR) is 98.1 cm³/mol. The van der Waals surface area contributed by atoms with Crippen LogP contribution in [0.25, 0.3) is 11.3 Å². The van der Waals surface area contributed by atoms with E-state index in [0.29, 0.717) is 22.9 Å². The molecule has 4 rings (SSSR count). The molecule has 1 aliphatic carbocycles. The number of aromatic nitrogens is 1. The van der Waals surface area contributed by atoms with E-state index in [1.165, 1.54) is 6.92 Å². The van der Waals surface area contributed by atoms with Crippen LogP contribution in [0.3, 0.4) is 0 Å². The van der Waals surface area contributed by atoms with Crippen LogP contribution >= 0.6 is 23.2 Å². The minimum atomic E-state index is -4.72. The van der Waals surface area contributed by atoms with E-state index in [9.17, 15) is 17.6 Å². The largest absolute Gasteiger partial charge is 0.444 e. The van der Waals surface area contributed by atoms with Crippen LogP contribution in [0.5, 0.6) is 0 Å². The molecule has 0 unspecified atom stereocenters. The minimum absolute atomic E-state index is 0.113. The van der Waals surface area contributed by atoms with Gasteiger partial charge in [0.2, 0.25) is 5.89 Å². The van der Waals surface area contributed by atoms with Gasteiger partial charge in [-0.05, 0) is 49.6 Å². The van der Waals surface area contributed by atoms with Crippen LogP contribution in [0.2, 0.25) is 10.0 Å². The van der Waals surface area contributed by atoms with Gasteiger partial charge in [0.1, 0.15) is 17.3 Å². The number of benzene rings is 2. The highest BCUT2D eigenvalue weighted by molar-refractivity contribution is 6.35. The predicted octanol–water partition coefficient (Wildman–Crippen LogP) is 7.19. The standard InChI is InChI=1S/C20H13Cl2F4NO/c1-10-17(16-13(20(24,25)26)3-2-4-15(16)23)27-18(28-10)19(7-8-19)12-6-5-11(21)9-14(12)22/h2-6,9H,7-8H2,1H3. The Labute approximate surface area is 168 Å². The van der Waals surface area contributed by atoms with Crippen molar-refractivity contribution in [2.45, 2.75) is 31.4 Å². The van der Waals surface area contributed by atoms with Gasteiger partial charge < -0.3 is 4.42 Å². The third-order valence-electron chi connectivity index (χ3n) is 4.96. The summed E-state index contributed by atoms with van der Waals surface area (Å²) in [6.07, 6.45) is -3.39. The molecular weight excluding hydrogens is 417 g/mol. The smallest absolute Gasteiger partial charge is 0.417 e. The Kier molecular flexibility index (Phi) is 4.47. The van der Waals surface area contributed by atoms with Crippen molar-refractivity contribution >= 4 is 23.2 Å². The normalized spacial score (nSPS) is 15.7. The van der Waals surface area contributed by atoms with Crippen molar-refractivity contribution in [2.24, 2.45) is 0 Å². The fraction of sp³-hybridized carbons (Fsp3) is 0.250. The second-order valence-corrected chi connectivity index (χ2v) is 7.63. The van der Waals surface area contributed by atoms with E-state index in [2.05, 4.69) is 4.98 Å². The van der Waals surface area contributed by atoms with Gasteiger partial charge >= 0.3 is 6.18 Å². The highest BCUT2D eigenvalue weighted by Crippen LogP contribution is 2.56. The summed E-state index contributed by atoms with van der Waals surface area (Å²) in [6.45, 7) is 1.47. The molecule has 2 aromatic carbocycles. The fourth-order valence-electron chi connectivity index (χ4n) is 3.44. The number of aryl methyl sites for hydroxylation is 1. The molecule has 1 fully saturated rings. The average molecular weight is 430 g/mol. The number of nitrogens with zero attached hydrogens (tertiary/aromatic N) is 1. The Morgan fingerprint density at radius 1 is 1.11 bits per heavy atom. The van der Waals surface area contributed by atoms with Gasteiger partial charge in [0, 0.05) is 10.0 Å². The SMILES string of the molecule is Cc1oc(C2(c3ccc(Cl)cc3Cl)CC2)nc1-c1c(F)cccc1C(F)(F)F. The molecule has 28 heavy (non-hydrogen) atoms. The Morgan fingerprint density at radius 3 is 2.43 bits per heavy atom. The van der Waals surface area contributed by atoms with Crippen molar-refractivity contribution in [3.05, 3.63) is 75.0 Å². The second-order valence-electron chi connectivity index (χ2n) is 6.79. The first-order valence-corrected chi connectivity index (χ1v) is 9.18. The highest BCUT2D eigenvalue weighted by atomic mass is 35.5. The van der Waals surface area contributed by atoms with Gasteiger partial charge in [0.15, 0.2) is 0 Å². The average Bonchev–Trinajstić information content (AvgIpc) is 3.31. The van der Waals surface area contributed by atoms with Crippen LogP contribution < -0.4 is 0 Å². The molecule has 2 nitrogen and oxygen atoms in total. The number of rotatable bonds is 3. The summed E-state index contributed by atoms with van der Waals surface area (Å²) in [5, 5.41) is 0.888. The van der Waals surface area contributed by atoms with Gasteiger partial charge in [-0.3, -0.25) is 0 Å². The molecule has 0 spiro atoms. The number of halogens is 6. The summed E-state index contributed by atoms with van der Waals surface area (Å²) in [5.74, 6) is -0.672. The first-order valence-electron chi connectivity index (χ1n) is 8.43. The van der Waals surface area contributed by atoms with Gasteiger partial charge in [-0.2, -0.15) is 13.2 Å². The maximum atomic E-state index is 14.4. The van der Waals surface area contributed by atoms with Gasteiger partial charge in [-0.25, -0.2) is 9.37 Å². The summed E-state index contributed by atoms with van der Waals surface area (Å²) in [6, 6.07) is 7.84. The molecule has 0 N–H and O–H groups in total. The summed E-state index contributed by atoms with van der Waals surface area (Å²) in [4.78, 5) is 4.29. The van der Waals surface area contributed by atoms with E-state index < -0.39 is 28.5 Å². The Bertz CT molecular complexity index is 1070. The number of hydrogen-bond acceptors (Lipinski definition) is 2. The quantitative estimate of drug-likeness (QED) is 0.411. The van der Waals surface area contributed by atoms with Gasteiger partial charge in [-0.1, -0.05) is 35.3 Å². The summed E-state index contributed by atoms with van der Waals surface area (Å²) in [7, 11) is 0. The van der Waals surface area contributed by atoms with Crippen molar-refractivity contribution in [2.75, 3.05) is 0 Å². The number of alkyl halides is 3. The Morgan fingerprint density at radius 2 is 1.82 bits per heavy atom. The fourth-order valence-corrected chi connectivity index (χ4v) is 4.02. The maximum absolute atomic E-state index is 14.4. The number of oxazole rings is 1. The van der Waals surface area contributed by atoms with Crippen molar-refractivity contribution in [1.82, 2.24) is 4.98 Å². The van der Waals surface area contributed by atoms with Gasteiger partial charge in [0.05, 0.1) is 16.5 Å². The Balaban J connectivity index is 1.86. The zero-order chi connectivity index (χ0) is 20.3. The van der Waals surface area contributed by atoms with Crippen LogP contribution in [-0.4, -0.2) is 4.98 Å². The lowest BCUT2D eigenvalue weighted by Gasteiger charge is -2.14. The van der Waals surface area contributed by atoms with E-state index in [4.69, 9.17) is 27.6 Å². The third kappa shape index (κ3) is 3.08. The van der Waals surface area contributed by atoms with Crippen molar-refractivity contribution < 1.29 is 22.0 Å². The molecule has 1 saturated carbocycles. The summed E-state index contributed by atoms with van der Waals surface area (Å²) < 4.78 is 60.3. The van der Waals surface area contributed by atoms with E-state index in [0.717, 1.165) is 23.8 Å². The van der Waals surface area contributed by atoms with Crippen LogP contribution in [-0.2, 0) is 11.6 Å². The molecule has 3 aromatic rings. The van der Waals surface area contributed by atoms with Crippen LogP contribution in [0, 0.1) is 12.7 Å². The zero-order valence-electron chi connectivity index (χ0n) is 14.5. The van der Waals surface area contributed by atoms with E-state index in [1.54, 1.807) is 18.2 Å². The van der Waals surface area contributed by atoms with E-state index in [1.807, 2.05) is 0 Å². The summed E-state index contributed by atoms with van der Waals surface area (Å²) in [5.41, 5.74) is -1.77. The molecule has 0 bridgehead atoms. The number of hydrogen-bond donors (Lipinski definition) is 0. The monoisotopic (exact) mass is 429 g/mol. The molecule has 0 amide bonds. The van der Waals surface area contributed by atoms with Crippen molar-refractivity contribution in [3.8, 4) is 11.3 Å². The lowest BCUT2D eigenvalue weighted by atomic mass is 9.95. The van der Waals surface area contributed by atoms with Crippen LogP contribution in [0.1, 0.15) is 35.6 Å². The molecule has 0 radical (unpaired) electrons. The van der Waals surface area contributed by atoms with Crippen LogP contribution in [0.4, 0.5) is 17.6 Å². The zero-order valence-corrected chi connectivity index (χ0v) is 16.0. The molecule has 8 heteroatoms. The topological polar surface area (TPSA) is 26.0 Å². The molecule has 1 heterocycles. The van der Waals surface area contributed by atoms with E-state index >= 15 is 0 Å². The van der Waals surface area contributed by atoms with E-state index in [-0.39, 0.29) is 17.3 Å².